The van der Waals surface area contributed by atoms with Gasteiger partial charge in [-0.2, -0.15) is 0 Å². The van der Waals surface area contributed by atoms with Crippen LogP contribution in [0.15, 0.2) is 73.1 Å². The molecule has 2 aromatic heterocycles. The van der Waals surface area contributed by atoms with Gasteiger partial charge in [0, 0.05) is 72.3 Å². The number of para-hydroxylation sites is 1. The Morgan fingerprint density at radius 2 is 1.83 bits per heavy atom. The Morgan fingerprint density at radius 1 is 1.10 bits per heavy atom. The van der Waals surface area contributed by atoms with Gasteiger partial charge in [-0.25, -0.2) is 14.8 Å². The van der Waals surface area contributed by atoms with Gasteiger partial charge in [0.1, 0.15) is 0 Å². The van der Waals surface area contributed by atoms with E-state index in [4.69, 9.17) is 16.6 Å². The molecule has 0 saturated carbocycles. The fraction of sp³-hybridized carbons (Fsp3) is 0.300. The third-order valence-corrected chi connectivity index (χ3v) is 7.24. The molecule has 2 unspecified atom stereocenters. The molecule has 0 aliphatic carbocycles. The normalized spacial score (nSPS) is 17.3. The number of benzene rings is 2. The summed E-state index contributed by atoms with van der Waals surface area (Å²) >= 11 is 6.50. The molecule has 1 saturated heterocycles. The summed E-state index contributed by atoms with van der Waals surface area (Å²) in [5, 5.41) is 21.5. The fourth-order valence-corrected chi connectivity index (χ4v) is 5.20. The van der Waals surface area contributed by atoms with E-state index in [1.165, 1.54) is 4.90 Å². The molecule has 0 spiro atoms. The average Bonchev–Trinajstić information content (AvgIpc) is 3.38. The molecule has 0 radical (unpaired) electrons. The number of likely N-dealkylation sites (N-methyl/N-ethyl adjacent to an activating group) is 1. The van der Waals surface area contributed by atoms with Crippen LogP contribution in [-0.4, -0.2) is 88.3 Å². The van der Waals surface area contributed by atoms with Gasteiger partial charge in [0.15, 0.2) is 0 Å². The van der Waals surface area contributed by atoms with Crippen LogP contribution in [0.2, 0.25) is 5.02 Å². The molecule has 2 atom stereocenters. The van der Waals surface area contributed by atoms with Crippen LogP contribution in [0.25, 0.3) is 22.2 Å². The highest BCUT2D eigenvalue weighted by atomic mass is 35.5. The van der Waals surface area contributed by atoms with Crippen molar-refractivity contribution < 1.29 is 9.90 Å². The molecule has 1 amide bonds. The van der Waals surface area contributed by atoms with Crippen LogP contribution in [0.3, 0.4) is 0 Å². The van der Waals surface area contributed by atoms with E-state index >= 15 is 0 Å². The van der Waals surface area contributed by atoms with E-state index in [-0.39, 0.29) is 12.1 Å². The molecule has 10 nitrogen and oxygen atoms in total. The molecular weight excluding hydrogens is 540 g/mol. The summed E-state index contributed by atoms with van der Waals surface area (Å²) in [6, 6.07) is 15.7. The Balaban J connectivity index is 1.24. The van der Waals surface area contributed by atoms with Crippen molar-refractivity contribution in [3.63, 3.8) is 0 Å². The number of aromatic nitrogens is 3. The Morgan fingerprint density at radius 3 is 2.59 bits per heavy atom. The molecule has 1 aliphatic rings. The van der Waals surface area contributed by atoms with Crippen LogP contribution in [0.5, 0.6) is 0 Å². The highest BCUT2D eigenvalue weighted by Crippen LogP contribution is 2.32. The maximum absolute atomic E-state index is 12.0. The summed E-state index contributed by atoms with van der Waals surface area (Å²) in [6.07, 6.45) is 7.43. The molecule has 0 bridgehead atoms. The van der Waals surface area contributed by atoms with Gasteiger partial charge in [0.05, 0.1) is 16.9 Å². The number of H-pyrrole nitrogens is 1. The molecule has 1 aliphatic heterocycles. The summed E-state index contributed by atoms with van der Waals surface area (Å²) in [6.45, 7) is 2.36. The number of hydrogen-bond acceptors (Lipinski definition) is 7. The maximum Gasteiger partial charge on any atom is 0.407 e. The SMILES string of the molecule is CN(C)C/C=C/CNc1ccc(NC2CC(Nc3ncc(Cl)c(-c4c[nH]c5ccccc45)n3)CN(C(=O)O)C2)cc1. The summed E-state index contributed by atoms with van der Waals surface area (Å²) in [7, 11) is 4.08. The Bertz CT molecular complexity index is 1500. The first-order valence-electron chi connectivity index (χ1n) is 13.6. The van der Waals surface area contributed by atoms with E-state index in [0.29, 0.717) is 36.2 Å². The van der Waals surface area contributed by atoms with Crippen molar-refractivity contribution in [2.24, 2.45) is 0 Å². The third kappa shape index (κ3) is 7.27. The minimum absolute atomic E-state index is 0.0921. The lowest BCUT2D eigenvalue weighted by Crippen LogP contribution is -2.52. The standard InChI is InChI=1S/C30H35ClN8O2/c1-38(2)14-6-5-13-32-20-9-11-21(12-10-20)35-22-15-23(19-39(18-22)30(40)41)36-29-34-17-26(31)28(37-29)25-16-33-27-8-4-3-7-24(25)27/h3-12,16-17,22-23,32-33,35H,13-15,18-19H2,1-2H3,(H,40,41)(H,34,36,37)/b6-5+. The van der Waals surface area contributed by atoms with Crippen LogP contribution in [0.4, 0.5) is 22.1 Å². The molecule has 2 aromatic carbocycles. The van der Waals surface area contributed by atoms with Gasteiger partial charge in [-0.15, -0.1) is 0 Å². The van der Waals surface area contributed by atoms with Crippen LogP contribution in [0.1, 0.15) is 6.42 Å². The number of hydrogen-bond donors (Lipinski definition) is 5. The van der Waals surface area contributed by atoms with E-state index in [2.05, 4.69) is 43.0 Å². The van der Waals surface area contributed by atoms with E-state index in [0.717, 1.165) is 40.9 Å². The first kappa shape index (κ1) is 28.3. The van der Waals surface area contributed by atoms with E-state index in [9.17, 15) is 9.90 Å². The minimum Gasteiger partial charge on any atom is -0.465 e. The number of anilines is 3. The number of likely N-dealkylation sites (tertiary alicyclic amines) is 1. The molecule has 3 heterocycles. The lowest BCUT2D eigenvalue weighted by Gasteiger charge is -2.37. The number of carbonyl (C=O) groups is 1. The Kier molecular flexibility index (Phi) is 8.91. The number of aromatic amines is 1. The van der Waals surface area contributed by atoms with Crippen molar-refractivity contribution in [3.05, 3.63) is 78.1 Å². The quantitative estimate of drug-likeness (QED) is 0.158. The lowest BCUT2D eigenvalue weighted by atomic mass is 10.0. The molecule has 41 heavy (non-hydrogen) atoms. The Hall–Kier alpha value is -4.28. The van der Waals surface area contributed by atoms with Crippen LogP contribution >= 0.6 is 11.6 Å². The zero-order valence-corrected chi connectivity index (χ0v) is 23.9. The number of amides is 1. The van der Waals surface area contributed by atoms with Crippen molar-refractivity contribution >= 4 is 45.9 Å². The minimum atomic E-state index is -0.957. The summed E-state index contributed by atoms with van der Waals surface area (Å²) in [5.41, 5.74) is 4.44. The van der Waals surface area contributed by atoms with Crippen LogP contribution < -0.4 is 16.0 Å². The smallest absolute Gasteiger partial charge is 0.407 e. The van der Waals surface area contributed by atoms with Crippen LogP contribution in [-0.2, 0) is 0 Å². The number of rotatable bonds is 10. The topological polar surface area (TPSA) is 121 Å². The van der Waals surface area contributed by atoms with E-state index in [1.807, 2.05) is 68.8 Å². The van der Waals surface area contributed by atoms with Gasteiger partial charge < -0.3 is 35.8 Å². The summed E-state index contributed by atoms with van der Waals surface area (Å²) in [4.78, 5) is 27.9. The monoisotopic (exact) mass is 574 g/mol. The number of nitrogens with one attached hydrogen (secondary N) is 4. The second kappa shape index (κ2) is 12.9. The first-order chi connectivity index (χ1) is 19.9. The predicted octanol–water partition coefficient (Wildman–Crippen LogP) is 5.45. The van der Waals surface area contributed by atoms with Gasteiger partial charge >= 0.3 is 6.09 Å². The highest BCUT2D eigenvalue weighted by molar-refractivity contribution is 6.33. The van der Waals surface area contributed by atoms with Crippen molar-refractivity contribution in [3.8, 4) is 11.3 Å². The molecule has 5 rings (SSSR count). The first-order valence-corrected chi connectivity index (χ1v) is 14.0. The summed E-state index contributed by atoms with van der Waals surface area (Å²) in [5.74, 6) is 0.403. The van der Waals surface area contributed by atoms with Gasteiger partial charge in [0.25, 0.3) is 0 Å². The molecule has 11 heteroatoms. The second-order valence-electron chi connectivity index (χ2n) is 10.4. The largest absolute Gasteiger partial charge is 0.465 e. The van der Waals surface area contributed by atoms with E-state index < -0.39 is 6.09 Å². The fourth-order valence-electron chi connectivity index (χ4n) is 5.01. The number of piperidine rings is 1. The lowest BCUT2D eigenvalue weighted by molar-refractivity contribution is 0.129. The number of fused-ring (bicyclic) bond motifs is 1. The number of nitrogens with zero attached hydrogens (tertiary/aromatic N) is 4. The number of carboxylic acid groups (broad SMARTS) is 1. The molecular formula is C30H35ClN8O2. The van der Waals surface area contributed by atoms with E-state index in [1.54, 1.807) is 6.20 Å². The predicted molar refractivity (Wildman–Crippen MR) is 166 cm³/mol. The molecule has 1 fully saturated rings. The van der Waals surface area contributed by atoms with Gasteiger partial charge in [-0.05, 0) is 50.8 Å². The molecule has 214 valence electrons. The third-order valence-electron chi connectivity index (χ3n) is 6.96. The average molecular weight is 575 g/mol. The number of halogens is 1. The van der Waals surface area contributed by atoms with Gasteiger partial charge in [-0.3, -0.25) is 0 Å². The van der Waals surface area contributed by atoms with Crippen molar-refractivity contribution in [1.82, 2.24) is 24.8 Å². The highest BCUT2D eigenvalue weighted by Gasteiger charge is 2.30. The van der Waals surface area contributed by atoms with Gasteiger partial charge in [0.2, 0.25) is 5.95 Å². The maximum atomic E-state index is 12.0. The summed E-state index contributed by atoms with van der Waals surface area (Å²) < 4.78 is 0. The zero-order chi connectivity index (χ0) is 28.8. The Labute approximate surface area is 244 Å². The van der Waals surface area contributed by atoms with Crippen molar-refractivity contribution in [1.29, 1.82) is 0 Å². The molecule has 4 aromatic rings. The van der Waals surface area contributed by atoms with Crippen molar-refractivity contribution in [2.45, 2.75) is 18.5 Å². The van der Waals surface area contributed by atoms with Gasteiger partial charge in [-0.1, -0.05) is 42.0 Å². The second-order valence-corrected chi connectivity index (χ2v) is 10.8. The van der Waals surface area contributed by atoms with Crippen molar-refractivity contribution in [2.75, 3.05) is 56.2 Å². The molecule has 5 N–H and O–H groups in total. The zero-order valence-electron chi connectivity index (χ0n) is 23.1. The van der Waals surface area contributed by atoms with Crippen LogP contribution in [0, 0.1) is 0 Å².